The van der Waals surface area contributed by atoms with Gasteiger partial charge in [-0.2, -0.15) is 0 Å². The molecule has 0 spiro atoms. The monoisotopic (exact) mass is 705 g/mol. The van der Waals surface area contributed by atoms with Crippen LogP contribution in [0.1, 0.15) is 0 Å². The lowest BCUT2D eigenvalue weighted by atomic mass is 9.90. The Morgan fingerprint density at radius 3 is 1.25 bits per heavy atom. The van der Waals surface area contributed by atoms with Gasteiger partial charge in [-0.3, -0.25) is 0 Å². The summed E-state index contributed by atoms with van der Waals surface area (Å²) in [5, 5.41) is 15.7. The van der Waals surface area contributed by atoms with E-state index in [1.807, 2.05) is 22.7 Å². The van der Waals surface area contributed by atoms with Gasteiger partial charge in [0.05, 0.1) is 16.6 Å². The number of hydrogen-bond acceptors (Lipinski definition) is 2. The maximum atomic E-state index is 2.58. The Bertz CT molecular complexity index is 3450. The number of aromatic nitrogens is 1. The minimum atomic E-state index is 1.26. The summed E-state index contributed by atoms with van der Waals surface area (Å²) in [7, 11) is 0. The third-order valence-corrected chi connectivity index (χ3v) is 14.0. The van der Waals surface area contributed by atoms with Crippen LogP contribution in [0.2, 0.25) is 0 Å². The van der Waals surface area contributed by atoms with Crippen molar-refractivity contribution < 1.29 is 0 Å². The number of fused-ring (bicyclic) bond motifs is 14. The molecule has 0 aliphatic carbocycles. The summed E-state index contributed by atoms with van der Waals surface area (Å²) in [5.41, 5.74) is 8.99. The van der Waals surface area contributed by atoms with Crippen molar-refractivity contribution in [1.82, 2.24) is 4.40 Å². The molecule has 53 heavy (non-hydrogen) atoms. The maximum absolute atomic E-state index is 2.58. The lowest BCUT2D eigenvalue weighted by molar-refractivity contribution is 1.38. The Kier molecular flexibility index (Phi) is 5.45. The van der Waals surface area contributed by atoms with Crippen molar-refractivity contribution in [2.24, 2.45) is 0 Å². The number of nitrogens with zero attached hydrogens (tertiary/aromatic N) is 1. The fourth-order valence-electron chi connectivity index (χ4n) is 9.48. The number of benzene rings is 9. The van der Waals surface area contributed by atoms with Gasteiger partial charge in [-0.25, -0.2) is 0 Å². The van der Waals surface area contributed by atoms with E-state index >= 15 is 0 Å². The first-order valence-electron chi connectivity index (χ1n) is 18.2. The van der Waals surface area contributed by atoms with E-state index in [0.29, 0.717) is 0 Å². The molecular weight excluding hydrogens is 679 g/mol. The Morgan fingerprint density at radius 2 is 0.736 bits per heavy atom. The van der Waals surface area contributed by atoms with Crippen molar-refractivity contribution in [2.45, 2.75) is 0 Å². The molecule has 1 nitrogen and oxygen atoms in total. The second kappa shape index (κ2) is 10.2. The first kappa shape index (κ1) is 28.3. The van der Waals surface area contributed by atoms with Gasteiger partial charge >= 0.3 is 0 Å². The molecule has 0 saturated carbocycles. The van der Waals surface area contributed by atoms with Gasteiger partial charge in [0, 0.05) is 61.9 Å². The smallest absolute Gasteiger partial charge is 0.0620 e. The van der Waals surface area contributed by atoms with Crippen LogP contribution in [0.25, 0.3) is 122 Å². The van der Waals surface area contributed by atoms with E-state index in [0.717, 1.165) is 0 Å². The minimum absolute atomic E-state index is 1.26. The summed E-state index contributed by atoms with van der Waals surface area (Å²) < 4.78 is 7.92. The number of thiophene rings is 2. The van der Waals surface area contributed by atoms with E-state index < -0.39 is 0 Å². The van der Waals surface area contributed by atoms with Crippen LogP contribution in [0.15, 0.2) is 164 Å². The van der Waals surface area contributed by atoms with E-state index in [-0.39, 0.29) is 0 Å². The average molecular weight is 706 g/mol. The molecule has 3 heteroatoms. The largest absolute Gasteiger partial charge is 0.308 e. The lowest BCUT2D eigenvalue weighted by Crippen LogP contribution is -1.89. The predicted molar refractivity (Wildman–Crippen MR) is 233 cm³/mol. The third-order valence-electron chi connectivity index (χ3n) is 11.7. The highest BCUT2D eigenvalue weighted by Gasteiger charge is 2.25. The molecule has 0 aliphatic heterocycles. The second-order valence-corrected chi connectivity index (χ2v) is 16.6. The van der Waals surface area contributed by atoms with Crippen molar-refractivity contribution in [3.8, 4) is 22.3 Å². The molecule has 0 fully saturated rings. The van der Waals surface area contributed by atoms with Crippen molar-refractivity contribution in [3.05, 3.63) is 164 Å². The van der Waals surface area contributed by atoms with Gasteiger partial charge in [0.1, 0.15) is 0 Å². The normalized spacial score (nSPS) is 12.5. The molecule has 0 saturated heterocycles. The van der Waals surface area contributed by atoms with Crippen LogP contribution in [-0.2, 0) is 0 Å². The van der Waals surface area contributed by atoms with Crippen LogP contribution in [0, 0.1) is 0 Å². The Labute approximate surface area is 311 Å². The molecule has 0 unspecified atom stereocenters. The average Bonchev–Trinajstić information content (AvgIpc) is 3.95. The molecule has 0 amide bonds. The van der Waals surface area contributed by atoms with Gasteiger partial charge in [-0.1, -0.05) is 115 Å². The van der Waals surface area contributed by atoms with Crippen molar-refractivity contribution in [1.29, 1.82) is 0 Å². The number of rotatable bonds is 2. The molecule has 0 N–H and O–H groups in total. The zero-order chi connectivity index (χ0) is 34.4. The topological polar surface area (TPSA) is 4.41 Å². The third kappa shape index (κ3) is 3.70. The number of para-hydroxylation sites is 1. The van der Waals surface area contributed by atoms with Crippen LogP contribution < -0.4 is 0 Å². The summed E-state index contributed by atoms with van der Waals surface area (Å²) in [6.45, 7) is 0. The van der Waals surface area contributed by atoms with Crippen molar-refractivity contribution >= 4 is 123 Å². The maximum Gasteiger partial charge on any atom is 0.0620 e. The van der Waals surface area contributed by atoms with Crippen LogP contribution >= 0.6 is 22.7 Å². The fraction of sp³-hybridized carbons (Fsp3) is 0. The number of hydrogen-bond donors (Lipinski definition) is 0. The van der Waals surface area contributed by atoms with Gasteiger partial charge in [-0.15, -0.1) is 22.7 Å². The standard InChI is InChI=1S/C50H27NS2/c1-3-12-32-28(10-1)26-40-48(46(32)30-20-22-44-38(24-30)34-14-5-7-18-42(34)52-44)36-16-9-17-37-49-41(51(40)50(36)37)27-29-11-2-4-13-33(29)47(49)31-21-23-45-39(25-31)35-15-6-8-19-43(35)53-45/h1-27H. The summed E-state index contributed by atoms with van der Waals surface area (Å²) in [6.07, 6.45) is 0. The Balaban J connectivity index is 1.20. The Hall–Kier alpha value is -6.26. The molecule has 4 heterocycles. The molecule has 13 rings (SSSR count). The van der Waals surface area contributed by atoms with E-state index in [1.165, 1.54) is 122 Å². The summed E-state index contributed by atoms with van der Waals surface area (Å²) in [6, 6.07) is 61.6. The first-order chi connectivity index (χ1) is 26.3. The highest BCUT2D eigenvalue weighted by molar-refractivity contribution is 7.26. The van der Waals surface area contributed by atoms with E-state index in [1.54, 1.807) is 0 Å². The van der Waals surface area contributed by atoms with E-state index in [2.05, 4.69) is 168 Å². The molecular formula is C50H27NS2. The highest BCUT2D eigenvalue weighted by Crippen LogP contribution is 2.50. The van der Waals surface area contributed by atoms with Gasteiger partial charge in [0.15, 0.2) is 0 Å². The van der Waals surface area contributed by atoms with E-state index in [4.69, 9.17) is 0 Å². The van der Waals surface area contributed by atoms with Gasteiger partial charge in [0.2, 0.25) is 0 Å². The molecule has 4 aromatic heterocycles. The minimum Gasteiger partial charge on any atom is -0.308 e. The molecule has 0 radical (unpaired) electrons. The van der Waals surface area contributed by atoms with Crippen molar-refractivity contribution in [3.63, 3.8) is 0 Å². The lowest BCUT2D eigenvalue weighted by Gasteiger charge is -2.13. The molecule has 0 aliphatic rings. The summed E-state index contributed by atoms with van der Waals surface area (Å²) in [5.74, 6) is 0. The van der Waals surface area contributed by atoms with E-state index in [9.17, 15) is 0 Å². The zero-order valence-corrected chi connectivity index (χ0v) is 30.0. The summed E-state index contributed by atoms with van der Waals surface area (Å²) >= 11 is 3.76. The van der Waals surface area contributed by atoms with Gasteiger partial charge in [0.25, 0.3) is 0 Å². The molecule has 0 atom stereocenters. The quantitative estimate of drug-likeness (QED) is 0.169. The Morgan fingerprint density at radius 1 is 0.321 bits per heavy atom. The van der Waals surface area contributed by atoms with Crippen LogP contribution in [-0.4, -0.2) is 4.40 Å². The van der Waals surface area contributed by atoms with Gasteiger partial charge < -0.3 is 4.40 Å². The van der Waals surface area contributed by atoms with Crippen LogP contribution in [0.3, 0.4) is 0 Å². The zero-order valence-electron chi connectivity index (χ0n) is 28.4. The van der Waals surface area contributed by atoms with Crippen LogP contribution in [0.4, 0.5) is 0 Å². The molecule has 9 aromatic carbocycles. The van der Waals surface area contributed by atoms with Crippen molar-refractivity contribution in [2.75, 3.05) is 0 Å². The second-order valence-electron chi connectivity index (χ2n) is 14.4. The highest BCUT2D eigenvalue weighted by atomic mass is 32.1. The molecule has 244 valence electrons. The fourth-order valence-corrected chi connectivity index (χ4v) is 11.7. The first-order valence-corrected chi connectivity index (χ1v) is 19.8. The van der Waals surface area contributed by atoms with Gasteiger partial charge in [-0.05, 0) is 92.3 Å². The molecule has 0 bridgehead atoms. The SMILES string of the molecule is c1ccc2c(-c3ccc4sc5ccccc5c4c3)c3c4cccc5c6c(-c7ccc8sc9ccccc9c8c7)c7ccccc7cc6n(c3cc2c1)c45. The summed E-state index contributed by atoms with van der Waals surface area (Å²) in [4.78, 5) is 0. The predicted octanol–water partition coefficient (Wildman–Crippen LogP) is 15.2. The van der Waals surface area contributed by atoms with Crippen LogP contribution in [0.5, 0.6) is 0 Å². The molecule has 13 aromatic rings.